The Bertz CT molecular complexity index is 201. The van der Waals surface area contributed by atoms with E-state index in [1.54, 1.807) is 0 Å². The van der Waals surface area contributed by atoms with E-state index in [-0.39, 0.29) is 72.2 Å². The van der Waals surface area contributed by atoms with Crippen LogP contribution in [0.5, 0.6) is 0 Å². The molecule has 0 saturated heterocycles. The molecule has 0 bridgehead atoms. The van der Waals surface area contributed by atoms with Crippen LogP contribution in [-0.4, -0.2) is 23.1 Å². The molecule has 0 aliphatic heterocycles. The van der Waals surface area contributed by atoms with Gasteiger partial charge in [-0.2, -0.15) is 0 Å². The summed E-state index contributed by atoms with van der Waals surface area (Å²) in [6.45, 7) is 5.62. The third-order valence-corrected chi connectivity index (χ3v) is 0.996. The number of ketones is 4. The summed E-state index contributed by atoms with van der Waals surface area (Å²) in [5.41, 5.74) is 0. The molecule has 0 aromatic rings. The van der Waals surface area contributed by atoms with Gasteiger partial charge in [-0.25, -0.2) is 0 Å². The Morgan fingerprint density at radius 2 is 0.750 bits per heavy atom. The maximum Gasteiger partial charge on any atom is 0.137 e. The summed E-state index contributed by atoms with van der Waals surface area (Å²) in [6.07, 6.45) is 0.167. The second-order valence-corrected chi connectivity index (χ2v) is 3.16. The summed E-state index contributed by atoms with van der Waals surface area (Å²) >= 11 is 0. The molecule has 4 nitrogen and oxygen atoms in total. The van der Waals surface area contributed by atoms with Crippen molar-refractivity contribution in [3.63, 3.8) is 0 Å². The molecule has 2 radical (unpaired) electrons. The molecule has 0 amide bonds. The zero-order chi connectivity index (χ0) is 11.7. The monoisotopic (exact) mass is 362 g/mol. The number of hydrogen-bond acceptors (Lipinski definition) is 4. The number of rotatable bonds is 4. The van der Waals surface area contributed by atoms with Gasteiger partial charge in [0.1, 0.15) is 23.1 Å². The molecule has 0 aromatic carbocycles. The largest absolute Gasteiger partial charge is 0.300 e. The zero-order valence-electron chi connectivity index (χ0n) is 9.71. The van der Waals surface area contributed by atoms with Crippen molar-refractivity contribution in [2.45, 2.75) is 40.5 Å². The molecule has 0 unspecified atom stereocenters. The van der Waals surface area contributed by atoms with Gasteiger partial charge in [0.25, 0.3) is 0 Å². The van der Waals surface area contributed by atoms with Crippen LogP contribution in [0.15, 0.2) is 0 Å². The van der Waals surface area contributed by atoms with Gasteiger partial charge in [0.05, 0.1) is 12.8 Å². The van der Waals surface area contributed by atoms with E-state index < -0.39 is 0 Å². The first kappa shape index (κ1) is 24.9. The topological polar surface area (TPSA) is 68.3 Å². The predicted molar refractivity (Wildman–Crippen MR) is 52.0 cm³/mol. The normalized spacial score (nSPS) is 7.25. The molecule has 0 aliphatic carbocycles. The van der Waals surface area contributed by atoms with Crippen LogP contribution in [0, 0.1) is 0 Å². The van der Waals surface area contributed by atoms with Crippen molar-refractivity contribution < 1.29 is 55.4 Å². The molecule has 0 atom stereocenters. The molecule has 0 rings (SSSR count). The molecule has 0 aliphatic rings. The van der Waals surface area contributed by atoms with Crippen LogP contribution in [-0.2, 0) is 55.4 Å². The maximum atomic E-state index is 10.0. The number of carbonyl (C=O) groups excluding carboxylic acids is 4. The van der Waals surface area contributed by atoms with Crippen molar-refractivity contribution in [1.29, 1.82) is 0 Å². The summed E-state index contributed by atoms with van der Waals surface area (Å²) in [5.74, 6) is -0.250. The van der Waals surface area contributed by atoms with E-state index in [2.05, 4.69) is 0 Å². The average Bonchev–Trinajstić information content (AvgIpc) is 1.79. The fourth-order valence-electron chi connectivity index (χ4n) is 0.701. The quantitative estimate of drug-likeness (QED) is 0.555. The van der Waals surface area contributed by atoms with E-state index in [0.29, 0.717) is 0 Å². The number of Topliss-reactive ketones (excluding diaryl/α,β-unsaturated/α-hetero) is 4. The average molecular weight is 362 g/mol. The van der Waals surface area contributed by atoms with Gasteiger partial charge in [0, 0.05) is 36.3 Å². The van der Waals surface area contributed by atoms with E-state index in [9.17, 15) is 19.2 Å². The molecular weight excluding hydrogens is 346 g/mol. The van der Waals surface area contributed by atoms with Crippen LogP contribution in [0.25, 0.3) is 0 Å². The standard InChI is InChI=1S/2C5H8O2.Co.Rh/c2*1-4(6)3-5(2)7;;/h2*3H2,1-2H3;;. The van der Waals surface area contributed by atoms with Crippen molar-refractivity contribution in [3.8, 4) is 0 Å². The Kier molecular flexibility index (Phi) is 23.0. The first-order valence-electron chi connectivity index (χ1n) is 4.23. The van der Waals surface area contributed by atoms with Crippen LogP contribution < -0.4 is 0 Å². The molecule has 0 fully saturated rings. The van der Waals surface area contributed by atoms with Crippen LogP contribution >= 0.6 is 0 Å². The van der Waals surface area contributed by atoms with Crippen LogP contribution in [0.4, 0.5) is 0 Å². The minimum atomic E-state index is -0.0625. The van der Waals surface area contributed by atoms with Crippen molar-refractivity contribution in [2.75, 3.05) is 0 Å². The van der Waals surface area contributed by atoms with Crippen molar-refractivity contribution in [3.05, 3.63) is 0 Å². The van der Waals surface area contributed by atoms with Crippen LogP contribution in [0.1, 0.15) is 40.5 Å². The van der Waals surface area contributed by atoms with Gasteiger partial charge in [0.15, 0.2) is 0 Å². The third-order valence-electron chi connectivity index (χ3n) is 0.996. The fourth-order valence-corrected chi connectivity index (χ4v) is 0.701. The molecule has 6 heteroatoms. The van der Waals surface area contributed by atoms with E-state index in [0.717, 1.165) is 0 Å². The Morgan fingerprint density at radius 1 is 0.625 bits per heavy atom. The second-order valence-electron chi connectivity index (χ2n) is 3.16. The van der Waals surface area contributed by atoms with E-state index >= 15 is 0 Å². The number of carbonyl (C=O) groups is 4. The first-order valence-corrected chi connectivity index (χ1v) is 4.23. The Hall–Kier alpha value is -0.190. The van der Waals surface area contributed by atoms with Crippen molar-refractivity contribution in [1.82, 2.24) is 0 Å². The second kappa shape index (κ2) is 14.8. The Balaban J connectivity index is -0.0000000800. The van der Waals surface area contributed by atoms with Crippen molar-refractivity contribution >= 4 is 23.1 Å². The molecule has 0 N–H and O–H groups in total. The minimum absolute atomic E-state index is 0. The SMILES string of the molecule is CC(=O)CC(C)=O.CC(=O)CC(C)=O.[Co].[Rh]. The van der Waals surface area contributed by atoms with Crippen LogP contribution in [0.3, 0.4) is 0 Å². The number of hydrogen-bond donors (Lipinski definition) is 0. The summed E-state index contributed by atoms with van der Waals surface area (Å²) < 4.78 is 0. The van der Waals surface area contributed by atoms with Gasteiger partial charge < -0.3 is 0 Å². The van der Waals surface area contributed by atoms with E-state index in [1.807, 2.05) is 0 Å². The molecular formula is C10H16CoO4Rh. The van der Waals surface area contributed by atoms with Gasteiger partial charge in [-0.1, -0.05) is 0 Å². The van der Waals surface area contributed by atoms with E-state index in [4.69, 9.17) is 0 Å². The molecule has 0 heterocycles. The predicted octanol–water partition coefficient (Wildman–Crippen LogP) is 1.10. The van der Waals surface area contributed by atoms with Gasteiger partial charge in [0.2, 0.25) is 0 Å². The maximum absolute atomic E-state index is 10.0. The summed E-state index contributed by atoms with van der Waals surface area (Å²) in [5, 5.41) is 0. The molecule has 98 valence electrons. The Labute approximate surface area is 119 Å². The molecule has 0 spiro atoms. The molecule has 0 saturated carbocycles. The third kappa shape index (κ3) is 37.2. The summed E-state index contributed by atoms with van der Waals surface area (Å²) in [7, 11) is 0. The Morgan fingerprint density at radius 3 is 0.750 bits per heavy atom. The van der Waals surface area contributed by atoms with Gasteiger partial charge in [-0.3, -0.25) is 19.2 Å². The van der Waals surface area contributed by atoms with Crippen molar-refractivity contribution in [2.24, 2.45) is 0 Å². The van der Waals surface area contributed by atoms with Gasteiger partial charge in [-0.15, -0.1) is 0 Å². The van der Waals surface area contributed by atoms with Gasteiger partial charge >= 0.3 is 0 Å². The fraction of sp³-hybridized carbons (Fsp3) is 0.600. The minimum Gasteiger partial charge on any atom is -0.300 e. The van der Waals surface area contributed by atoms with Gasteiger partial charge in [-0.05, 0) is 27.7 Å². The first-order chi connectivity index (χ1) is 6.25. The summed E-state index contributed by atoms with van der Waals surface area (Å²) in [4.78, 5) is 40.1. The molecule has 16 heavy (non-hydrogen) atoms. The van der Waals surface area contributed by atoms with E-state index in [1.165, 1.54) is 27.7 Å². The molecule has 0 aromatic heterocycles. The van der Waals surface area contributed by atoms with Crippen LogP contribution in [0.2, 0.25) is 0 Å². The zero-order valence-corrected chi connectivity index (χ0v) is 12.4. The summed E-state index contributed by atoms with van der Waals surface area (Å²) in [6, 6.07) is 0. The smallest absolute Gasteiger partial charge is 0.137 e.